The van der Waals surface area contributed by atoms with Gasteiger partial charge in [0.1, 0.15) is 10.8 Å². The van der Waals surface area contributed by atoms with Crippen LogP contribution in [0, 0.1) is 5.82 Å². The number of benzene rings is 1. The molecule has 1 unspecified atom stereocenters. The summed E-state index contributed by atoms with van der Waals surface area (Å²) < 4.78 is 14.3. The van der Waals surface area contributed by atoms with E-state index in [1.165, 1.54) is 17.4 Å². The fraction of sp³-hybridized carbons (Fsp3) is 0.182. The van der Waals surface area contributed by atoms with Crippen LogP contribution in [0.5, 0.6) is 0 Å². The van der Waals surface area contributed by atoms with Crippen LogP contribution in [-0.2, 0) is 0 Å². The molecule has 2 rings (SSSR count). The molecule has 0 aliphatic rings. The second-order valence-corrected chi connectivity index (χ2v) is 5.35. The highest BCUT2D eigenvalue weighted by molar-refractivity contribution is 9.10. The molecule has 5 heteroatoms. The van der Waals surface area contributed by atoms with E-state index in [4.69, 9.17) is 0 Å². The van der Waals surface area contributed by atoms with Crippen LogP contribution in [0.4, 0.5) is 4.39 Å². The molecule has 1 aromatic heterocycles. The number of aromatic nitrogens is 1. The Morgan fingerprint density at radius 2 is 2.25 bits per heavy atom. The normalized spacial score (nSPS) is 12.8. The van der Waals surface area contributed by atoms with Gasteiger partial charge >= 0.3 is 0 Å². The zero-order chi connectivity index (χ0) is 11.7. The van der Waals surface area contributed by atoms with E-state index in [-0.39, 0.29) is 5.82 Å². The summed E-state index contributed by atoms with van der Waals surface area (Å²) in [7, 11) is 0. The average molecular weight is 302 g/mol. The molecule has 0 fully saturated rings. The molecular weight excluding hydrogens is 293 g/mol. The quantitative estimate of drug-likeness (QED) is 0.916. The molecule has 0 spiro atoms. The third-order valence-electron chi connectivity index (χ3n) is 2.10. The van der Waals surface area contributed by atoms with E-state index in [1.54, 1.807) is 25.3 Å². The highest BCUT2D eigenvalue weighted by Gasteiger charge is 2.12. The molecule has 0 saturated carbocycles. The van der Waals surface area contributed by atoms with E-state index >= 15 is 0 Å². The summed E-state index contributed by atoms with van der Waals surface area (Å²) >= 11 is 4.50. The highest BCUT2D eigenvalue weighted by atomic mass is 79.9. The van der Waals surface area contributed by atoms with Crippen LogP contribution in [-0.4, -0.2) is 10.1 Å². The van der Waals surface area contributed by atoms with Crippen molar-refractivity contribution in [2.24, 2.45) is 0 Å². The van der Waals surface area contributed by atoms with Gasteiger partial charge in [-0.3, -0.25) is 0 Å². The van der Waals surface area contributed by atoms with Crippen molar-refractivity contribution in [3.8, 4) is 10.6 Å². The van der Waals surface area contributed by atoms with Gasteiger partial charge in [0.05, 0.1) is 11.0 Å². The molecule has 84 valence electrons. The molecular formula is C11H9BrFNOS. The lowest BCUT2D eigenvalue weighted by molar-refractivity contribution is 0.203. The summed E-state index contributed by atoms with van der Waals surface area (Å²) in [4.78, 5) is 4.84. The molecule has 0 aliphatic carbocycles. The first-order valence-electron chi connectivity index (χ1n) is 4.67. The van der Waals surface area contributed by atoms with Crippen molar-refractivity contribution in [2.75, 3.05) is 0 Å². The molecule has 1 atom stereocenters. The van der Waals surface area contributed by atoms with Crippen LogP contribution in [0.2, 0.25) is 0 Å². The second-order valence-electron chi connectivity index (χ2n) is 3.37. The number of hydrogen-bond donors (Lipinski definition) is 1. The van der Waals surface area contributed by atoms with Crippen molar-refractivity contribution in [1.29, 1.82) is 0 Å². The number of nitrogens with zero attached hydrogens (tertiary/aromatic N) is 1. The number of rotatable bonds is 2. The van der Waals surface area contributed by atoms with E-state index in [0.29, 0.717) is 15.0 Å². The van der Waals surface area contributed by atoms with E-state index in [1.807, 2.05) is 0 Å². The molecule has 1 N–H and O–H groups in total. The van der Waals surface area contributed by atoms with Gasteiger partial charge in [-0.2, -0.15) is 0 Å². The van der Waals surface area contributed by atoms with Crippen molar-refractivity contribution in [1.82, 2.24) is 4.98 Å². The van der Waals surface area contributed by atoms with Crippen molar-refractivity contribution in [3.05, 3.63) is 39.6 Å². The maximum Gasteiger partial charge on any atom is 0.134 e. The predicted molar refractivity (Wildman–Crippen MR) is 65.8 cm³/mol. The van der Waals surface area contributed by atoms with Crippen LogP contribution in [0.1, 0.15) is 17.9 Å². The molecule has 1 aromatic carbocycles. The van der Waals surface area contributed by atoms with Gasteiger partial charge in [-0.1, -0.05) is 15.9 Å². The fourth-order valence-corrected chi connectivity index (χ4v) is 2.48. The summed E-state index contributed by atoms with van der Waals surface area (Å²) in [5.74, 6) is -0.319. The van der Waals surface area contributed by atoms with E-state index in [2.05, 4.69) is 20.9 Å². The third-order valence-corrected chi connectivity index (χ3v) is 3.79. The standard InChI is InChI=1S/C11H9BrFNOS/c1-6(15)10-5-14-11(16-10)8-3-2-7(12)4-9(8)13/h2-6,15H,1H3. The molecule has 0 aliphatic heterocycles. The maximum absolute atomic E-state index is 13.6. The smallest absolute Gasteiger partial charge is 0.134 e. The average Bonchev–Trinajstić information content (AvgIpc) is 2.66. The van der Waals surface area contributed by atoms with E-state index < -0.39 is 6.10 Å². The second kappa shape index (κ2) is 4.61. The monoisotopic (exact) mass is 301 g/mol. The summed E-state index contributed by atoms with van der Waals surface area (Å²) in [5.41, 5.74) is 0.458. The fourth-order valence-electron chi connectivity index (χ4n) is 1.27. The lowest BCUT2D eigenvalue weighted by atomic mass is 10.2. The Balaban J connectivity index is 2.42. The topological polar surface area (TPSA) is 33.1 Å². The molecule has 0 radical (unpaired) electrons. The van der Waals surface area contributed by atoms with Crippen LogP contribution in [0.25, 0.3) is 10.6 Å². The number of aliphatic hydroxyl groups is 1. The van der Waals surface area contributed by atoms with Crippen LogP contribution in [0.15, 0.2) is 28.9 Å². The Morgan fingerprint density at radius 1 is 1.50 bits per heavy atom. The zero-order valence-corrected chi connectivity index (χ0v) is 10.8. The van der Waals surface area contributed by atoms with Crippen LogP contribution in [0.3, 0.4) is 0 Å². The Kier molecular flexibility index (Phi) is 3.37. The van der Waals surface area contributed by atoms with Crippen molar-refractivity contribution in [3.63, 3.8) is 0 Å². The Bertz CT molecular complexity index is 512. The summed E-state index contributed by atoms with van der Waals surface area (Å²) in [5, 5.41) is 9.95. The SMILES string of the molecule is CC(O)c1cnc(-c2ccc(Br)cc2F)s1. The van der Waals surface area contributed by atoms with E-state index in [9.17, 15) is 9.50 Å². The van der Waals surface area contributed by atoms with Gasteiger partial charge in [0.2, 0.25) is 0 Å². The summed E-state index contributed by atoms with van der Waals surface area (Å²) in [6, 6.07) is 4.84. The van der Waals surface area contributed by atoms with Gasteiger partial charge in [0.25, 0.3) is 0 Å². The Hall–Kier alpha value is -0.780. The first kappa shape index (κ1) is 11.7. The lowest BCUT2D eigenvalue weighted by Crippen LogP contribution is -1.83. The number of aliphatic hydroxyl groups excluding tert-OH is 1. The Labute approximate surface area is 105 Å². The third kappa shape index (κ3) is 2.31. The zero-order valence-electron chi connectivity index (χ0n) is 8.45. The van der Waals surface area contributed by atoms with Gasteiger partial charge in [-0.15, -0.1) is 11.3 Å². The molecule has 1 heterocycles. The molecule has 0 bridgehead atoms. The lowest BCUT2D eigenvalue weighted by Gasteiger charge is -1.99. The van der Waals surface area contributed by atoms with Gasteiger partial charge < -0.3 is 5.11 Å². The van der Waals surface area contributed by atoms with Crippen LogP contribution < -0.4 is 0 Å². The summed E-state index contributed by atoms with van der Waals surface area (Å²) in [6.45, 7) is 1.66. The molecule has 2 nitrogen and oxygen atoms in total. The number of thiazole rings is 1. The van der Waals surface area contributed by atoms with Crippen molar-refractivity contribution in [2.45, 2.75) is 13.0 Å². The molecule has 2 aromatic rings. The van der Waals surface area contributed by atoms with Crippen molar-refractivity contribution < 1.29 is 9.50 Å². The van der Waals surface area contributed by atoms with Gasteiger partial charge in [0, 0.05) is 16.2 Å². The maximum atomic E-state index is 13.6. The van der Waals surface area contributed by atoms with Gasteiger partial charge in [-0.05, 0) is 25.1 Å². The van der Waals surface area contributed by atoms with Gasteiger partial charge in [-0.25, -0.2) is 9.37 Å². The number of halogens is 2. The predicted octanol–water partition coefficient (Wildman–Crippen LogP) is 3.77. The molecule has 16 heavy (non-hydrogen) atoms. The minimum absolute atomic E-state index is 0.319. The number of hydrogen-bond acceptors (Lipinski definition) is 3. The van der Waals surface area contributed by atoms with Gasteiger partial charge in [0.15, 0.2) is 0 Å². The first-order chi connectivity index (χ1) is 7.58. The largest absolute Gasteiger partial charge is 0.388 e. The molecule has 0 saturated heterocycles. The molecule has 0 amide bonds. The Morgan fingerprint density at radius 3 is 2.81 bits per heavy atom. The van der Waals surface area contributed by atoms with E-state index in [0.717, 1.165) is 4.88 Å². The minimum Gasteiger partial charge on any atom is -0.388 e. The van der Waals surface area contributed by atoms with Crippen molar-refractivity contribution >= 4 is 27.3 Å². The minimum atomic E-state index is -0.565. The first-order valence-corrected chi connectivity index (χ1v) is 6.28. The highest BCUT2D eigenvalue weighted by Crippen LogP contribution is 2.31. The summed E-state index contributed by atoms with van der Waals surface area (Å²) in [6.07, 6.45) is 1.01. The van der Waals surface area contributed by atoms with Crippen LogP contribution >= 0.6 is 27.3 Å².